The third-order valence-corrected chi connectivity index (χ3v) is 5.34. The van der Waals surface area contributed by atoms with E-state index < -0.39 is 28.0 Å². The summed E-state index contributed by atoms with van der Waals surface area (Å²) in [4.78, 5) is 44.0. The van der Waals surface area contributed by atoms with E-state index in [0.717, 1.165) is 19.1 Å². The molecule has 0 aliphatic rings. The highest BCUT2D eigenvalue weighted by Crippen LogP contribution is 1.98. The molecule has 0 aliphatic heterocycles. The van der Waals surface area contributed by atoms with Gasteiger partial charge in [-0.3, -0.25) is 23.9 Å². The number of likely N-dealkylation sites (N-methyl/N-ethyl adjacent to an activating group) is 1. The van der Waals surface area contributed by atoms with Crippen molar-refractivity contribution < 1.29 is 27.6 Å². The topological polar surface area (TPSA) is 163 Å². The van der Waals surface area contributed by atoms with Crippen molar-refractivity contribution in [2.75, 3.05) is 20.4 Å². The van der Waals surface area contributed by atoms with Gasteiger partial charge in [-0.15, -0.1) is 0 Å². The van der Waals surface area contributed by atoms with Gasteiger partial charge in [0.25, 0.3) is 5.91 Å². The zero-order chi connectivity index (χ0) is 27.5. The van der Waals surface area contributed by atoms with E-state index in [1.165, 1.54) is 6.92 Å². The summed E-state index contributed by atoms with van der Waals surface area (Å²) in [6, 6.07) is -0.688. The maximum Gasteiger partial charge on any atom is 0.250 e. The third kappa shape index (κ3) is 20.4. The zero-order valence-electron chi connectivity index (χ0n) is 22.5. The fourth-order valence-electron chi connectivity index (χ4n) is 2.25. The number of nitrogens with one attached hydrogen (secondary N) is 5. The number of sulfonamides is 1. The number of carbonyl (C=O) groups excluding carboxylic acids is 4. The molecule has 0 spiro atoms. The van der Waals surface area contributed by atoms with Gasteiger partial charge in [0.05, 0.1) is 12.3 Å². The van der Waals surface area contributed by atoms with Gasteiger partial charge in [0.15, 0.2) is 0 Å². The monoisotopic (exact) mass is 509 g/mol. The van der Waals surface area contributed by atoms with E-state index >= 15 is 0 Å². The molecule has 4 amide bonds. The van der Waals surface area contributed by atoms with Crippen LogP contribution in [0.15, 0.2) is 0 Å². The summed E-state index contributed by atoms with van der Waals surface area (Å²) in [5.41, 5.74) is 0. The Kier molecular flexibility index (Phi) is 21.6. The number of amides is 4. The van der Waals surface area contributed by atoms with Crippen LogP contribution in [0.3, 0.4) is 0 Å². The Hall–Kier alpha value is -2.21. The summed E-state index contributed by atoms with van der Waals surface area (Å²) in [7, 11) is -0.160. The van der Waals surface area contributed by atoms with Crippen molar-refractivity contribution in [1.29, 1.82) is 0 Å². The van der Waals surface area contributed by atoms with Crippen molar-refractivity contribution in [3.05, 3.63) is 0 Å². The van der Waals surface area contributed by atoms with Crippen molar-refractivity contribution in [1.82, 2.24) is 26.0 Å². The molecule has 5 N–H and O–H groups in total. The summed E-state index contributed by atoms with van der Waals surface area (Å²) in [6.07, 6.45) is 3.93. The van der Waals surface area contributed by atoms with Crippen LogP contribution in [0.1, 0.15) is 74.1 Å². The quantitative estimate of drug-likeness (QED) is 0.273. The number of hydrogen-bond acceptors (Lipinski definition) is 7. The van der Waals surface area contributed by atoms with E-state index in [1.807, 2.05) is 39.3 Å². The second kappa shape index (κ2) is 20.2. The van der Waals surface area contributed by atoms with Crippen molar-refractivity contribution in [2.24, 2.45) is 5.92 Å². The van der Waals surface area contributed by atoms with Crippen LogP contribution in [0, 0.1) is 5.92 Å². The van der Waals surface area contributed by atoms with Crippen LogP contribution in [-0.2, 0) is 29.2 Å². The Labute approximate surface area is 206 Å². The largest absolute Gasteiger partial charge is 0.359 e. The molecule has 4 atom stereocenters. The van der Waals surface area contributed by atoms with Gasteiger partial charge in [-0.25, -0.2) is 8.42 Å². The first-order chi connectivity index (χ1) is 15.6. The van der Waals surface area contributed by atoms with Crippen LogP contribution in [0.2, 0.25) is 0 Å². The van der Waals surface area contributed by atoms with Gasteiger partial charge in [0.2, 0.25) is 27.7 Å². The van der Waals surface area contributed by atoms with E-state index in [2.05, 4.69) is 21.3 Å². The highest BCUT2D eigenvalue weighted by Gasteiger charge is 2.18. The first kappa shape index (κ1) is 36.4. The van der Waals surface area contributed by atoms with Gasteiger partial charge in [0, 0.05) is 25.9 Å². The van der Waals surface area contributed by atoms with Gasteiger partial charge in [0.1, 0.15) is 6.04 Å². The molecule has 0 aromatic heterocycles. The molecule has 11 nitrogen and oxygen atoms in total. The molecule has 0 radical (unpaired) electrons. The van der Waals surface area contributed by atoms with E-state index in [1.54, 1.807) is 21.0 Å². The molecular formula is C22H47N5O6S. The molecule has 202 valence electrons. The Balaban J connectivity index is -0.000000440. The van der Waals surface area contributed by atoms with Gasteiger partial charge >= 0.3 is 0 Å². The van der Waals surface area contributed by atoms with Crippen LogP contribution < -0.4 is 26.0 Å². The first-order valence-electron chi connectivity index (χ1n) is 11.6. The van der Waals surface area contributed by atoms with Crippen LogP contribution in [0.4, 0.5) is 0 Å². The summed E-state index contributed by atoms with van der Waals surface area (Å²) >= 11 is 0. The maximum atomic E-state index is 11.6. The lowest BCUT2D eigenvalue weighted by Crippen LogP contribution is -2.48. The predicted octanol–water partition coefficient (Wildman–Crippen LogP) is 0.655. The molecule has 0 rings (SSSR count). The van der Waals surface area contributed by atoms with E-state index in [-0.39, 0.29) is 29.7 Å². The highest BCUT2D eigenvalue weighted by molar-refractivity contribution is 7.89. The first-order valence-corrected chi connectivity index (χ1v) is 13.5. The smallest absolute Gasteiger partial charge is 0.250 e. The van der Waals surface area contributed by atoms with Gasteiger partial charge < -0.3 is 21.3 Å². The zero-order valence-corrected chi connectivity index (χ0v) is 23.3. The lowest BCUT2D eigenvalue weighted by atomic mass is 10.1. The van der Waals surface area contributed by atoms with E-state index in [0.29, 0.717) is 12.8 Å². The maximum absolute atomic E-state index is 11.6. The van der Waals surface area contributed by atoms with Crippen molar-refractivity contribution in [2.45, 2.75) is 92.3 Å². The fourth-order valence-corrected chi connectivity index (χ4v) is 2.76. The normalized spacial score (nSPS) is 13.8. The minimum absolute atomic E-state index is 0.1000. The van der Waals surface area contributed by atoms with Crippen LogP contribution in [0.25, 0.3) is 0 Å². The van der Waals surface area contributed by atoms with Gasteiger partial charge in [-0.2, -0.15) is 0 Å². The summed E-state index contributed by atoms with van der Waals surface area (Å²) in [5, 5.41) is 10.7. The minimum Gasteiger partial charge on any atom is -0.359 e. The Morgan fingerprint density at radius 1 is 0.735 bits per heavy atom. The lowest BCUT2D eigenvalue weighted by Gasteiger charge is -2.18. The molecule has 0 fully saturated rings. The van der Waals surface area contributed by atoms with Crippen molar-refractivity contribution in [3.8, 4) is 0 Å². The second-order valence-electron chi connectivity index (χ2n) is 7.89. The third-order valence-electron chi connectivity index (χ3n) is 4.77. The number of hydrogen-bond donors (Lipinski definition) is 5. The summed E-state index contributed by atoms with van der Waals surface area (Å²) in [5.74, 6) is -0.483. The second-order valence-corrected chi connectivity index (χ2v) is 9.64. The molecule has 12 heteroatoms. The average molecular weight is 510 g/mol. The molecule has 34 heavy (non-hydrogen) atoms. The summed E-state index contributed by atoms with van der Waals surface area (Å²) < 4.78 is 23.1. The highest BCUT2D eigenvalue weighted by atomic mass is 32.2. The molecule has 4 unspecified atom stereocenters. The van der Waals surface area contributed by atoms with Crippen molar-refractivity contribution in [3.63, 3.8) is 0 Å². The molecule has 0 saturated carbocycles. The standard InChI is InChI=1S/C10H20N2O2.C6H14N2O3S.C6H13NO/c1-5-7(3)11-10(14)9(6-2)12-8(4)13;1-4-5(7-2)6(9)8-12(3,10)11;1-4-5(2)6(8)7-3/h7,9H,5-6H2,1-4H3,(H,11,14)(H,12,13);5,7H,4H2,1-3H3,(H,8,9);5H,4H2,1-3H3,(H,7,8). The molecule has 0 saturated heterocycles. The molecule has 0 heterocycles. The van der Waals surface area contributed by atoms with Gasteiger partial charge in [-0.05, 0) is 39.7 Å². The Bertz CT molecular complexity index is 711. The van der Waals surface area contributed by atoms with E-state index in [4.69, 9.17) is 0 Å². The SMILES string of the molecule is CCC(C)C(=O)NC.CCC(C)NC(=O)C(CC)NC(C)=O.CCC(NC)C(=O)NS(C)(=O)=O. The lowest BCUT2D eigenvalue weighted by molar-refractivity contribution is -0.128. The minimum atomic E-state index is -3.43. The molecule has 0 aromatic carbocycles. The predicted molar refractivity (Wildman–Crippen MR) is 135 cm³/mol. The fraction of sp³-hybridized carbons (Fsp3) is 0.818. The Morgan fingerprint density at radius 3 is 1.50 bits per heavy atom. The Morgan fingerprint density at radius 2 is 1.24 bits per heavy atom. The molecule has 0 aromatic rings. The number of rotatable bonds is 11. The van der Waals surface area contributed by atoms with Crippen LogP contribution >= 0.6 is 0 Å². The van der Waals surface area contributed by atoms with Crippen LogP contribution in [0.5, 0.6) is 0 Å². The molecule has 0 bridgehead atoms. The number of carbonyl (C=O) groups is 4. The summed E-state index contributed by atoms with van der Waals surface area (Å²) in [6.45, 7) is 12.9. The molecular weight excluding hydrogens is 462 g/mol. The van der Waals surface area contributed by atoms with Crippen molar-refractivity contribution >= 4 is 33.7 Å². The molecule has 0 aliphatic carbocycles. The average Bonchev–Trinajstić information content (AvgIpc) is 2.76. The van der Waals surface area contributed by atoms with Gasteiger partial charge in [-0.1, -0.05) is 34.6 Å². The van der Waals surface area contributed by atoms with Crippen LogP contribution in [-0.4, -0.2) is 70.5 Å². The van der Waals surface area contributed by atoms with E-state index in [9.17, 15) is 27.6 Å².